The molecule has 0 N–H and O–H groups in total. The summed E-state index contributed by atoms with van der Waals surface area (Å²) in [5.74, 6) is -1.03. The molecule has 2 aliphatic rings. The monoisotopic (exact) mass is 482 g/mol. The molecule has 0 aliphatic carbocycles. The Morgan fingerprint density at radius 1 is 0.833 bits per heavy atom. The third-order valence-corrected chi connectivity index (χ3v) is 3.45. The molecule has 0 aromatic carbocycles. The molecule has 2 unspecified atom stereocenters. The maximum absolute atomic E-state index is 11.2. The molecule has 2 atom stereocenters. The maximum atomic E-state index is 11.2. The quantitative estimate of drug-likeness (QED) is 0.442. The van der Waals surface area contributed by atoms with Crippen LogP contribution in [0, 0.1) is 24.7 Å². The molecular formula is C16H20N2O4Y2-2. The van der Waals surface area contributed by atoms with E-state index in [9.17, 15) is 19.2 Å². The largest absolute Gasteiger partial charge is 0.310 e. The number of hydrogen-bond acceptors (Lipinski definition) is 4. The van der Waals surface area contributed by atoms with Gasteiger partial charge in [0.2, 0.25) is 11.8 Å². The first-order valence-corrected chi connectivity index (χ1v) is 6.99. The number of hydrogen-bond donors (Lipinski definition) is 0. The Kier molecular flexibility index (Phi) is 13.1. The molecule has 2 radical (unpaired) electrons. The number of likely N-dealkylation sites (tertiary alicyclic amines) is 2. The summed E-state index contributed by atoms with van der Waals surface area (Å²) in [6, 6.07) is 0. The molecule has 126 valence electrons. The van der Waals surface area contributed by atoms with Crippen LogP contribution < -0.4 is 0 Å². The minimum atomic E-state index is -0.261. The smallest absolute Gasteiger partial charge is 0.231 e. The molecule has 2 fully saturated rings. The molecule has 8 heteroatoms. The van der Waals surface area contributed by atoms with Gasteiger partial charge in [-0.05, 0) is 0 Å². The van der Waals surface area contributed by atoms with Crippen LogP contribution in [-0.2, 0) is 84.6 Å². The van der Waals surface area contributed by atoms with E-state index in [0.717, 1.165) is 9.80 Å². The second-order valence-electron chi connectivity index (χ2n) is 5.14. The van der Waals surface area contributed by atoms with Crippen molar-refractivity contribution < 1.29 is 84.6 Å². The van der Waals surface area contributed by atoms with Gasteiger partial charge in [-0.1, -0.05) is 27.0 Å². The van der Waals surface area contributed by atoms with E-state index >= 15 is 0 Å². The van der Waals surface area contributed by atoms with Gasteiger partial charge >= 0.3 is 0 Å². The summed E-state index contributed by atoms with van der Waals surface area (Å²) in [5.41, 5.74) is 0. The van der Waals surface area contributed by atoms with Crippen LogP contribution in [0.15, 0.2) is 25.6 Å². The van der Waals surface area contributed by atoms with Crippen LogP contribution in [0.5, 0.6) is 0 Å². The second-order valence-corrected chi connectivity index (χ2v) is 5.14. The summed E-state index contributed by atoms with van der Waals surface area (Å²) in [7, 11) is 0. The van der Waals surface area contributed by atoms with E-state index in [4.69, 9.17) is 0 Å². The molecular weight excluding hydrogens is 462 g/mol. The van der Waals surface area contributed by atoms with Crippen molar-refractivity contribution >= 4 is 23.6 Å². The molecule has 2 rings (SSSR count). The average Bonchev–Trinajstić information content (AvgIpc) is 2.49. The molecule has 0 aromatic rings. The average molecular weight is 482 g/mol. The zero-order chi connectivity index (χ0) is 16.9. The fourth-order valence-corrected chi connectivity index (χ4v) is 2.01. The van der Waals surface area contributed by atoms with Crippen molar-refractivity contribution in [3.05, 3.63) is 38.4 Å². The van der Waals surface area contributed by atoms with Crippen molar-refractivity contribution in [3.8, 4) is 0 Å². The predicted octanol–water partition coefficient (Wildman–Crippen LogP) is 1.45. The van der Waals surface area contributed by atoms with E-state index in [0.29, 0.717) is 12.8 Å². The molecule has 0 bridgehead atoms. The van der Waals surface area contributed by atoms with Gasteiger partial charge in [-0.15, -0.1) is 12.8 Å². The Labute approximate surface area is 193 Å². The first-order valence-electron chi connectivity index (χ1n) is 6.99. The number of piperidine rings is 2. The third-order valence-electron chi connectivity index (χ3n) is 3.45. The van der Waals surface area contributed by atoms with Gasteiger partial charge in [-0.2, -0.15) is 0 Å². The Balaban J connectivity index is 0. The zero-order valence-corrected chi connectivity index (χ0v) is 19.7. The predicted molar refractivity (Wildman–Crippen MR) is 80.3 cm³/mol. The first-order chi connectivity index (χ1) is 10.3. The topological polar surface area (TPSA) is 74.8 Å². The Bertz CT molecular complexity index is 476. The van der Waals surface area contributed by atoms with Crippen molar-refractivity contribution in [1.29, 1.82) is 0 Å². The van der Waals surface area contributed by atoms with Crippen LogP contribution in [0.2, 0.25) is 0 Å². The summed E-state index contributed by atoms with van der Waals surface area (Å²) < 4.78 is 0. The fourth-order valence-electron chi connectivity index (χ4n) is 2.01. The molecule has 0 spiro atoms. The van der Waals surface area contributed by atoms with E-state index < -0.39 is 0 Å². The van der Waals surface area contributed by atoms with Crippen molar-refractivity contribution in [1.82, 2.24) is 9.80 Å². The van der Waals surface area contributed by atoms with Gasteiger partial charge in [0.05, 0.1) is 11.8 Å². The van der Waals surface area contributed by atoms with Crippen molar-refractivity contribution in [3.63, 3.8) is 0 Å². The van der Waals surface area contributed by atoms with Crippen LogP contribution in [-0.4, -0.2) is 33.4 Å². The van der Waals surface area contributed by atoms with Crippen LogP contribution in [0.1, 0.15) is 26.7 Å². The number of rotatable bonds is 2. The summed E-state index contributed by atoms with van der Waals surface area (Å²) >= 11 is 0. The van der Waals surface area contributed by atoms with Crippen molar-refractivity contribution in [2.75, 3.05) is 0 Å². The number of carbonyl (C=O) groups is 4. The first kappa shape index (κ1) is 25.9. The molecule has 0 aromatic heterocycles. The van der Waals surface area contributed by atoms with Gasteiger partial charge in [0, 0.05) is 89.7 Å². The van der Waals surface area contributed by atoms with Gasteiger partial charge in [0.1, 0.15) is 0 Å². The van der Waals surface area contributed by atoms with Crippen LogP contribution in [0.4, 0.5) is 0 Å². The number of imide groups is 2. The van der Waals surface area contributed by atoms with Gasteiger partial charge in [-0.25, -0.2) is 0 Å². The summed E-state index contributed by atoms with van der Waals surface area (Å²) in [5, 5.41) is 0. The standard InChI is InChI=1S/2C8H10NO2.2Y/c2*1-3-9-7(10)5-4-6(2)8(9)11;;/h2*3,5-6H,1,4H2,2H3;;/q2*-1;;. The summed E-state index contributed by atoms with van der Waals surface area (Å²) in [6.45, 7) is 10.4. The molecule has 2 heterocycles. The van der Waals surface area contributed by atoms with Crippen LogP contribution >= 0.6 is 0 Å². The third kappa shape index (κ3) is 6.55. The number of amides is 4. The van der Waals surface area contributed by atoms with E-state index in [-0.39, 0.29) is 101 Å². The van der Waals surface area contributed by atoms with Gasteiger partial charge in [-0.3, -0.25) is 19.4 Å². The SMILES string of the molecule is C=CN1C(=O)[CH-]CC(C)C1=O.C=CN1C(=O)[CH-]CC(C)C1=O.[Y].[Y]. The molecule has 2 saturated heterocycles. The van der Waals surface area contributed by atoms with Crippen molar-refractivity contribution in [2.45, 2.75) is 26.7 Å². The molecule has 2 aliphatic heterocycles. The molecule has 6 nitrogen and oxygen atoms in total. The van der Waals surface area contributed by atoms with Gasteiger partial charge in [0.15, 0.2) is 0 Å². The van der Waals surface area contributed by atoms with Gasteiger partial charge in [0.25, 0.3) is 0 Å². The Hall–Kier alpha value is -0.292. The normalized spacial score (nSPS) is 22.8. The Morgan fingerprint density at radius 2 is 1.12 bits per heavy atom. The zero-order valence-electron chi connectivity index (χ0n) is 14.0. The van der Waals surface area contributed by atoms with E-state index in [1.54, 1.807) is 13.8 Å². The number of nitrogens with zero attached hydrogens (tertiary/aromatic N) is 2. The van der Waals surface area contributed by atoms with Gasteiger partial charge < -0.3 is 22.4 Å². The minimum absolute atomic E-state index is 0. The van der Waals surface area contributed by atoms with Crippen LogP contribution in [0.3, 0.4) is 0 Å². The van der Waals surface area contributed by atoms with E-state index in [1.807, 2.05) is 0 Å². The summed E-state index contributed by atoms with van der Waals surface area (Å²) in [6.07, 6.45) is 6.62. The van der Waals surface area contributed by atoms with E-state index in [2.05, 4.69) is 13.2 Å². The second kappa shape index (κ2) is 12.1. The van der Waals surface area contributed by atoms with E-state index in [1.165, 1.54) is 25.2 Å². The Morgan fingerprint density at radius 3 is 1.33 bits per heavy atom. The molecule has 0 saturated carbocycles. The minimum Gasteiger partial charge on any atom is -0.310 e. The molecule has 24 heavy (non-hydrogen) atoms. The number of carbonyl (C=O) groups excluding carboxylic acids is 4. The fraction of sp³-hybridized carbons (Fsp3) is 0.375. The van der Waals surface area contributed by atoms with Crippen molar-refractivity contribution in [2.24, 2.45) is 11.8 Å². The maximum Gasteiger partial charge on any atom is 0.231 e. The molecule has 4 amide bonds. The summed E-state index contributed by atoms with van der Waals surface area (Å²) in [4.78, 5) is 46.4. The van der Waals surface area contributed by atoms with Crippen LogP contribution in [0.25, 0.3) is 0 Å².